The Morgan fingerprint density at radius 1 is 0.935 bits per heavy atom. The van der Waals surface area contributed by atoms with Gasteiger partial charge in [0.25, 0.3) is 5.91 Å². The van der Waals surface area contributed by atoms with E-state index in [0.29, 0.717) is 23.3 Å². The summed E-state index contributed by atoms with van der Waals surface area (Å²) >= 11 is 0. The van der Waals surface area contributed by atoms with E-state index in [0.717, 1.165) is 5.56 Å². The van der Waals surface area contributed by atoms with Crippen molar-refractivity contribution in [2.45, 2.75) is 39.3 Å². The molecule has 0 fully saturated rings. The molecule has 1 amide bonds. The molecule has 0 saturated carbocycles. The van der Waals surface area contributed by atoms with Gasteiger partial charge in [0.15, 0.2) is 0 Å². The minimum atomic E-state index is -0.642. The Morgan fingerprint density at radius 3 is 2.35 bits per heavy atom. The molecule has 5 nitrogen and oxygen atoms in total. The van der Waals surface area contributed by atoms with E-state index < -0.39 is 11.5 Å². The van der Waals surface area contributed by atoms with E-state index in [-0.39, 0.29) is 17.5 Å². The first kappa shape index (κ1) is 20.7. The van der Waals surface area contributed by atoms with Crippen LogP contribution in [0, 0.1) is 0 Å². The fourth-order valence-electron chi connectivity index (χ4n) is 3.50. The molecule has 0 radical (unpaired) electrons. The number of amides is 1. The number of fused-ring (bicyclic) bond motifs is 1. The van der Waals surface area contributed by atoms with Crippen LogP contribution in [0.5, 0.6) is 0 Å². The summed E-state index contributed by atoms with van der Waals surface area (Å²) in [4.78, 5) is 27.5. The second-order valence-electron chi connectivity index (χ2n) is 8.67. The molecule has 0 aliphatic heterocycles. The van der Waals surface area contributed by atoms with Crippen LogP contribution in [0.1, 0.15) is 48.0 Å². The van der Waals surface area contributed by atoms with E-state index in [1.54, 1.807) is 35.4 Å². The number of hydrogen-bond acceptors (Lipinski definition) is 4. The molecule has 5 heteroatoms. The molecular weight excluding hydrogens is 390 g/mol. The van der Waals surface area contributed by atoms with Gasteiger partial charge in [-0.3, -0.25) is 4.79 Å². The number of para-hydroxylation sites is 1. The molecule has 31 heavy (non-hydrogen) atoms. The number of benzene rings is 2. The molecule has 4 rings (SSSR count). The Bertz CT molecular complexity index is 1250. The van der Waals surface area contributed by atoms with Crippen molar-refractivity contribution in [1.82, 2.24) is 4.90 Å². The third-order valence-corrected chi connectivity index (χ3v) is 5.28. The predicted molar refractivity (Wildman–Crippen MR) is 120 cm³/mol. The number of hydrogen-bond donors (Lipinski definition) is 0. The lowest BCUT2D eigenvalue weighted by atomic mass is 9.87. The van der Waals surface area contributed by atoms with Gasteiger partial charge < -0.3 is 13.7 Å². The van der Waals surface area contributed by atoms with Crippen LogP contribution < -0.4 is 5.63 Å². The molecule has 2 aromatic carbocycles. The van der Waals surface area contributed by atoms with E-state index in [4.69, 9.17) is 8.83 Å². The highest BCUT2D eigenvalue weighted by Gasteiger charge is 2.22. The van der Waals surface area contributed by atoms with Crippen LogP contribution >= 0.6 is 0 Å². The molecule has 0 aliphatic carbocycles. The first-order valence-electron chi connectivity index (χ1n) is 10.3. The maximum atomic E-state index is 13.4. The number of carbonyl (C=O) groups is 1. The van der Waals surface area contributed by atoms with Gasteiger partial charge in [-0.25, -0.2) is 4.79 Å². The summed E-state index contributed by atoms with van der Waals surface area (Å²) in [5.41, 5.74) is 2.06. The predicted octanol–water partition coefficient (Wildman–Crippen LogP) is 5.53. The molecule has 0 spiro atoms. The highest BCUT2D eigenvalue weighted by atomic mass is 16.4. The molecule has 0 N–H and O–H groups in total. The largest absolute Gasteiger partial charge is 0.467 e. The molecule has 0 aliphatic rings. The number of furan rings is 1. The zero-order valence-corrected chi connectivity index (χ0v) is 17.9. The lowest BCUT2D eigenvalue weighted by Crippen LogP contribution is -2.33. The van der Waals surface area contributed by atoms with Gasteiger partial charge in [0.2, 0.25) is 0 Å². The third-order valence-electron chi connectivity index (χ3n) is 5.28. The van der Waals surface area contributed by atoms with Gasteiger partial charge in [0, 0.05) is 11.9 Å². The standard InChI is InChI=1S/C26H25NO4/c1-26(2,3)20-12-10-18(11-13-20)16-27(17-21-8-6-14-30-21)24(28)22-15-19-7-4-5-9-23(19)31-25(22)29/h4-15H,16-17H2,1-3H3. The van der Waals surface area contributed by atoms with Gasteiger partial charge in [-0.15, -0.1) is 0 Å². The minimum absolute atomic E-state index is 0.0107. The highest BCUT2D eigenvalue weighted by molar-refractivity contribution is 5.96. The maximum absolute atomic E-state index is 13.4. The van der Waals surface area contributed by atoms with E-state index >= 15 is 0 Å². The van der Waals surface area contributed by atoms with Crippen molar-refractivity contribution in [3.63, 3.8) is 0 Å². The summed E-state index contributed by atoms with van der Waals surface area (Å²) in [6.45, 7) is 7.07. The van der Waals surface area contributed by atoms with Crippen molar-refractivity contribution < 1.29 is 13.6 Å². The highest BCUT2D eigenvalue weighted by Crippen LogP contribution is 2.23. The smallest absolute Gasteiger partial charge is 0.349 e. The molecule has 4 aromatic rings. The van der Waals surface area contributed by atoms with Crippen molar-refractivity contribution >= 4 is 16.9 Å². The van der Waals surface area contributed by atoms with Gasteiger partial charge >= 0.3 is 5.63 Å². The lowest BCUT2D eigenvalue weighted by molar-refractivity contribution is 0.0713. The third kappa shape index (κ3) is 4.61. The molecular formula is C26H25NO4. The van der Waals surface area contributed by atoms with Crippen LogP contribution in [0.15, 0.2) is 86.6 Å². The maximum Gasteiger partial charge on any atom is 0.349 e. The van der Waals surface area contributed by atoms with Crippen LogP contribution in [0.4, 0.5) is 0 Å². The van der Waals surface area contributed by atoms with E-state index in [2.05, 4.69) is 32.9 Å². The molecule has 0 unspecified atom stereocenters. The molecule has 158 valence electrons. The summed E-state index contributed by atoms with van der Waals surface area (Å²) in [6.07, 6.45) is 1.57. The fraction of sp³-hybridized carbons (Fsp3) is 0.231. The normalized spacial score (nSPS) is 11.6. The molecule has 0 saturated heterocycles. The molecule has 0 atom stereocenters. The van der Waals surface area contributed by atoms with Crippen LogP contribution in [-0.2, 0) is 18.5 Å². The number of carbonyl (C=O) groups excluding carboxylic acids is 1. The zero-order valence-electron chi connectivity index (χ0n) is 17.9. The Kier molecular flexibility index (Phi) is 5.51. The molecule has 0 bridgehead atoms. The van der Waals surface area contributed by atoms with Crippen molar-refractivity contribution in [3.8, 4) is 0 Å². The average molecular weight is 415 g/mol. The summed E-state index contributed by atoms with van der Waals surface area (Å²) in [5, 5.41) is 0.706. The summed E-state index contributed by atoms with van der Waals surface area (Å²) < 4.78 is 10.8. The zero-order chi connectivity index (χ0) is 22.0. The van der Waals surface area contributed by atoms with Crippen LogP contribution in [0.3, 0.4) is 0 Å². The summed E-state index contributed by atoms with van der Waals surface area (Å²) in [7, 11) is 0. The van der Waals surface area contributed by atoms with Crippen LogP contribution in [0.25, 0.3) is 11.0 Å². The van der Waals surface area contributed by atoms with Crippen molar-refractivity contribution in [3.05, 3.63) is 106 Å². The van der Waals surface area contributed by atoms with Crippen LogP contribution in [0.2, 0.25) is 0 Å². The first-order chi connectivity index (χ1) is 14.8. The topological polar surface area (TPSA) is 63.7 Å². The Balaban J connectivity index is 1.67. The second-order valence-corrected chi connectivity index (χ2v) is 8.67. The average Bonchev–Trinajstić information content (AvgIpc) is 3.25. The van der Waals surface area contributed by atoms with Gasteiger partial charge in [-0.2, -0.15) is 0 Å². The number of rotatable bonds is 5. The Labute approximate surface area is 180 Å². The quantitative estimate of drug-likeness (QED) is 0.402. The van der Waals surface area contributed by atoms with Crippen molar-refractivity contribution in [1.29, 1.82) is 0 Å². The van der Waals surface area contributed by atoms with E-state index in [1.807, 2.05) is 30.3 Å². The minimum Gasteiger partial charge on any atom is -0.467 e. The molecule has 2 heterocycles. The lowest BCUT2D eigenvalue weighted by Gasteiger charge is -2.23. The van der Waals surface area contributed by atoms with Gasteiger partial charge in [-0.05, 0) is 40.8 Å². The van der Waals surface area contributed by atoms with Gasteiger partial charge in [0.1, 0.15) is 16.9 Å². The Hall–Kier alpha value is -3.60. The fourth-order valence-corrected chi connectivity index (χ4v) is 3.50. The van der Waals surface area contributed by atoms with Crippen LogP contribution in [-0.4, -0.2) is 10.8 Å². The van der Waals surface area contributed by atoms with E-state index in [9.17, 15) is 9.59 Å². The van der Waals surface area contributed by atoms with Gasteiger partial charge in [-0.1, -0.05) is 63.2 Å². The SMILES string of the molecule is CC(C)(C)c1ccc(CN(Cc2ccco2)C(=O)c2cc3ccccc3oc2=O)cc1. The second kappa shape index (κ2) is 8.26. The van der Waals surface area contributed by atoms with Crippen molar-refractivity contribution in [2.24, 2.45) is 0 Å². The van der Waals surface area contributed by atoms with Crippen molar-refractivity contribution in [2.75, 3.05) is 0 Å². The Morgan fingerprint density at radius 2 is 1.68 bits per heavy atom. The van der Waals surface area contributed by atoms with Gasteiger partial charge in [0.05, 0.1) is 12.8 Å². The summed E-state index contributed by atoms with van der Waals surface area (Å²) in [6, 6.07) is 20.5. The summed E-state index contributed by atoms with van der Waals surface area (Å²) in [5.74, 6) is 0.251. The molecule has 2 aromatic heterocycles. The van der Waals surface area contributed by atoms with E-state index in [1.165, 1.54) is 5.56 Å². The number of nitrogens with zero attached hydrogens (tertiary/aromatic N) is 1. The monoisotopic (exact) mass is 415 g/mol. The first-order valence-corrected chi connectivity index (χ1v) is 10.3.